The predicted molar refractivity (Wildman–Crippen MR) is 96.8 cm³/mol. The molecule has 150 valence electrons. The Kier molecular flexibility index (Phi) is 7.47. The number of carbonyl (C=O) groups excluding carboxylic acids is 2. The van der Waals surface area contributed by atoms with Crippen molar-refractivity contribution in [2.75, 3.05) is 6.54 Å². The highest BCUT2D eigenvalue weighted by atomic mass is 16.6. The molecule has 0 aromatic heterocycles. The van der Waals surface area contributed by atoms with E-state index in [1.54, 1.807) is 41.5 Å². The molecule has 1 atom stereocenters. The highest BCUT2D eigenvalue weighted by molar-refractivity contribution is 5.84. The van der Waals surface area contributed by atoms with Crippen LogP contribution in [0.5, 0.6) is 0 Å². The predicted octanol–water partition coefficient (Wildman–Crippen LogP) is 3.60. The number of hydrogen-bond donors (Lipinski definition) is 1. The van der Waals surface area contributed by atoms with Crippen LogP contribution < -0.4 is 0 Å². The number of esters is 1. The average Bonchev–Trinajstić information content (AvgIpc) is 2.43. The first-order valence-electron chi connectivity index (χ1n) is 9.24. The topological polar surface area (TPSA) is 93.1 Å². The second-order valence-corrected chi connectivity index (χ2v) is 8.88. The minimum absolute atomic E-state index is 0.198. The van der Waals surface area contributed by atoms with Gasteiger partial charge in [-0.2, -0.15) is 0 Å². The molecule has 0 radical (unpaired) electrons. The lowest BCUT2D eigenvalue weighted by atomic mass is 9.83. The van der Waals surface area contributed by atoms with Crippen molar-refractivity contribution in [3.05, 3.63) is 0 Å². The van der Waals surface area contributed by atoms with Crippen molar-refractivity contribution in [2.45, 2.75) is 90.9 Å². The Morgan fingerprint density at radius 3 is 1.88 bits per heavy atom. The van der Waals surface area contributed by atoms with Crippen molar-refractivity contribution < 1.29 is 29.0 Å². The summed E-state index contributed by atoms with van der Waals surface area (Å²) < 4.78 is 10.7. The Morgan fingerprint density at radius 2 is 1.46 bits per heavy atom. The highest BCUT2D eigenvalue weighted by Gasteiger charge is 2.40. The second kappa shape index (κ2) is 8.73. The SMILES string of the molecule is CC(C)(C)OC(=O)CN(C(=O)OC(C)(C)C)[C@H](C(=O)O)C1CCCCC1. The summed E-state index contributed by atoms with van der Waals surface area (Å²) >= 11 is 0. The van der Waals surface area contributed by atoms with E-state index in [4.69, 9.17) is 9.47 Å². The minimum Gasteiger partial charge on any atom is -0.480 e. The maximum atomic E-state index is 12.7. The molecule has 0 bridgehead atoms. The van der Waals surface area contributed by atoms with Gasteiger partial charge in [0.05, 0.1) is 0 Å². The zero-order chi connectivity index (χ0) is 20.1. The Balaban J connectivity index is 3.08. The van der Waals surface area contributed by atoms with Crippen LogP contribution in [0.15, 0.2) is 0 Å². The lowest BCUT2D eigenvalue weighted by Gasteiger charge is -2.36. The molecule has 1 N–H and O–H groups in total. The summed E-state index contributed by atoms with van der Waals surface area (Å²) in [5, 5.41) is 9.79. The van der Waals surface area contributed by atoms with Crippen molar-refractivity contribution in [3.8, 4) is 0 Å². The Bertz CT molecular complexity index is 511. The summed E-state index contributed by atoms with van der Waals surface area (Å²) in [4.78, 5) is 38.0. The summed E-state index contributed by atoms with van der Waals surface area (Å²) in [5.41, 5.74) is -1.51. The van der Waals surface area contributed by atoms with Gasteiger partial charge < -0.3 is 14.6 Å². The van der Waals surface area contributed by atoms with Gasteiger partial charge in [-0.1, -0.05) is 19.3 Å². The summed E-state index contributed by atoms with van der Waals surface area (Å²) in [5.74, 6) is -1.96. The molecule has 0 aromatic carbocycles. The van der Waals surface area contributed by atoms with Gasteiger partial charge in [-0.25, -0.2) is 9.59 Å². The van der Waals surface area contributed by atoms with Crippen LogP contribution in [-0.2, 0) is 19.1 Å². The van der Waals surface area contributed by atoms with Crippen LogP contribution in [0.4, 0.5) is 4.79 Å². The number of nitrogens with zero attached hydrogens (tertiary/aromatic N) is 1. The molecule has 0 spiro atoms. The fourth-order valence-corrected chi connectivity index (χ4v) is 3.15. The summed E-state index contributed by atoms with van der Waals surface area (Å²) in [6.07, 6.45) is 3.52. The molecule has 1 amide bonds. The number of rotatable bonds is 5. The number of hydrogen-bond acceptors (Lipinski definition) is 5. The molecule has 7 nitrogen and oxygen atoms in total. The molecule has 1 rings (SSSR count). The largest absolute Gasteiger partial charge is 0.480 e. The number of carbonyl (C=O) groups is 3. The second-order valence-electron chi connectivity index (χ2n) is 8.88. The molecule has 0 unspecified atom stereocenters. The molecular weight excluding hydrogens is 338 g/mol. The van der Waals surface area contributed by atoms with E-state index in [1.807, 2.05) is 0 Å². The zero-order valence-corrected chi connectivity index (χ0v) is 16.8. The van der Waals surface area contributed by atoms with Crippen LogP contribution in [-0.4, -0.2) is 51.8 Å². The van der Waals surface area contributed by atoms with Gasteiger partial charge in [0.1, 0.15) is 23.8 Å². The van der Waals surface area contributed by atoms with Crippen molar-refractivity contribution in [1.82, 2.24) is 4.90 Å². The fraction of sp³-hybridized carbons (Fsp3) is 0.842. The van der Waals surface area contributed by atoms with Gasteiger partial charge in [0.2, 0.25) is 0 Å². The highest BCUT2D eigenvalue weighted by Crippen LogP contribution is 2.30. The van der Waals surface area contributed by atoms with Crippen molar-refractivity contribution in [3.63, 3.8) is 0 Å². The average molecular weight is 371 g/mol. The maximum Gasteiger partial charge on any atom is 0.411 e. The lowest BCUT2D eigenvalue weighted by Crippen LogP contribution is -2.53. The summed E-state index contributed by atoms with van der Waals surface area (Å²) in [7, 11) is 0. The van der Waals surface area contributed by atoms with Gasteiger partial charge in [0, 0.05) is 0 Å². The van der Waals surface area contributed by atoms with E-state index in [0.717, 1.165) is 24.2 Å². The Labute approximate surface area is 156 Å². The van der Waals surface area contributed by atoms with E-state index >= 15 is 0 Å². The molecule has 0 aromatic rings. The minimum atomic E-state index is -1.12. The first kappa shape index (κ1) is 22.3. The van der Waals surface area contributed by atoms with Gasteiger partial charge in [-0.15, -0.1) is 0 Å². The number of carboxylic acid groups (broad SMARTS) is 1. The summed E-state index contributed by atoms with van der Waals surface area (Å²) in [6, 6.07) is -1.10. The van der Waals surface area contributed by atoms with E-state index in [0.29, 0.717) is 12.8 Å². The van der Waals surface area contributed by atoms with Crippen molar-refractivity contribution in [2.24, 2.45) is 5.92 Å². The lowest BCUT2D eigenvalue weighted by molar-refractivity contribution is -0.159. The molecule has 1 fully saturated rings. The Hall–Kier alpha value is -1.79. The number of amides is 1. The van der Waals surface area contributed by atoms with E-state index < -0.39 is 41.8 Å². The van der Waals surface area contributed by atoms with Crippen LogP contribution in [0, 0.1) is 5.92 Å². The van der Waals surface area contributed by atoms with Crippen LogP contribution in [0.1, 0.15) is 73.6 Å². The molecule has 0 saturated heterocycles. The fourth-order valence-electron chi connectivity index (χ4n) is 3.15. The third kappa shape index (κ3) is 7.62. The van der Waals surface area contributed by atoms with Crippen LogP contribution >= 0.6 is 0 Å². The number of ether oxygens (including phenoxy) is 2. The van der Waals surface area contributed by atoms with Crippen molar-refractivity contribution in [1.29, 1.82) is 0 Å². The van der Waals surface area contributed by atoms with E-state index in [9.17, 15) is 19.5 Å². The molecule has 1 saturated carbocycles. The molecule has 1 aliphatic rings. The standard InChI is InChI=1S/C19H33NO6/c1-18(2,3)25-14(21)12-20(17(24)26-19(4,5)6)15(16(22)23)13-10-8-7-9-11-13/h13,15H,7-12H2,1-6H3,(H,22,23)/t15-/m0/s1. The number of carboxylic acids is 1. The molecule has 1 aliphatic carbocycles. The van der Waals surface area contributed by atoms with Gasteiger partial charge in [0.15, 0.2) is 0 Å². The van der Waals surface area contributed by atoms with E-state index in [-0.39, 0.29) is 5.92 Å². The molecule has 7 heteroatoms. The molecular formula is C19H33NO6. The maximum absolute atomic E-state index is 12.7. The van der Waals surface area contributed by atoms with Gasteiger partial charge >= 0.3 is 18.0 Å². The van der Waals surface area contributed by atoms with Crippen molar-refractivity contribution >= 4 is 18.0 Å². The Morgan fingerprint density at radius 1 is 0.962 bits per heavy atom. The molecule has 0 heterocycles. The third-order valence-electron chi connectivity index (χ3n) is 4.03. The van der Waals surface area contributed by atoms with Gasteiger partial charge in [-0.3, -0.25) is 9.69 Å². The van der Waals surface area contributed by atoms with Crippen LogP contribution in [0.25, 0.3) is 0 Å². The molecule has 0 aliphatic heterocycles. The summed E-state index contributed by atoms with van der Waals surface area (Å²) in [6.45, 7) is 9.82. The van der Waals surface area contributed by atoms with E-state index in [1.165, 1.54) is 0 Å². The normalized spacial score (nSPS) is 17.3. The zero-order valence-electron chi connectivity index (χ0n) is 16.8. The number of aliphatic carboxylic acids is 1. The van der Waals surface area contributed by atoms with Gasteiger partial charge in [-0.05, 0) is 60.3 Å². The monoisotopic (exact) mass is 371 g/mol. The molecule has 26 heavy (non-hydrogen) atoms. The van der Waals surface area contributed by atoms with Gasteiger partial charge in [0.25, 0.3) is 0 Å². The smallest absolute Gasteiger partial charge is 0.411 e. The quantitative estimate of drug-likeness (QED) is 0.742. The van der Waals surface area contributed by atoms with Crippen LogP contribution in [0.2, 0.25) is 0 Å². The first-order chi connectivity index (χ1) is 11.8. The first-order valence-corrected chi connectivity index (χ1v) is 9.24. The van der Waals surface area contributed by atoms with E-state index in [2.05, 4.69) is 0 Å². The van der Waals surface area contributed by atoms with Crippen LogP contribution in [0.3, 0.4) is 0 Å². The third-order valence-corrected chi connectivity index (χ3v) is 4.03.